The Hall–Kier alpha value is -1.65. The topological polar surface area (TPSA) is 68.1 Å². The van der Waals surface area contributed by atoms with Gasteiger partial charge in [0.1, 0.15) is 0 Å². The maximum Gasteiger partial charge on any atom is 0.363 e. The minimum Gasteiger partial charge on any atom is -0.382 e. The molecule has 0 fully saturated rings. The van der Waals surface area contributed by atoms with Crippen LogP contribution in [0.15, 0.2) is 18.3 Å². The molecule has 0 saturated heterocycles. The minimum absolute atomic E-state index is 0.121. The van der Waals surface area contributed by atoms with Crippen LogP contribution < -0.4 is 5.32 Å². The summed E-state index contributed by atoms with van der Waals surface area (Å²) in [6, 6.07) is 3.08. The molecule has 0 bridgehead atoms. The van der Waals surface area contributed by atoms with Crippen LogP contribution in [0.2, 0.25) is 0 Å². The molecule has 0 aliphatic carbocycles. The Kier molecular flexibility index (Phi) is 4.03. The second-order valence-corrected chi connectivity index (χ2v) is 3.56. The molecule has 0 spiro atoms. The molecule has 0 radical (unpaired) electrons. The summed E-state index contributed by atoms with van der Waals surface area (Å²) in [5.74, 6) is 0.462. The molecule has 82 valence electrons. The zero-order valence-corrected chi connectivity index (χ0v) is 8.93. The summed E-state index contributed by atoms with van der Waals surface area (Å²) < 4.78 is 0. The van der Waals surface area contributed by atoms with E-state index in [-0.39, 0.29) is 5.82 Å². The third-order valence-corrected chi connectivity index (χ3v) is 2.29. The molecule has 15 heavy (non-hydrogen) atoms. The van der Waals surface area contributed by atoms with E-state index in [9.17, 15) is 10.1 Å². The van der Waals surface area contributed by atoms with Crippen molar-refractivity contribution in [3.05, 3.63) is 28.4 Å². The summed E-state index contributed by atoms with van der Waals surface area (Å²) >= 11 is 0. The molecule has 1 rings (SSSR count). The van der Waals surface area contributed by atoms with Crippen molar-refractivity contribution in [2.75, 3.05) is 11.9 Å². The molecule has 0 aromatic carbocycles. The number of hydrogen-bond donors (Lipinski definition) is 1. The largest absolute Gasteiger partial charge is 0.382 e. The molecule has 0 saturated carbocycles. The van der Waals surface area contributed by atoms with Crippen molar-refractivity contribution < 1.29 is 4.92 Å². The van der Waals surface area contributed by atoms with Crippen LogP contribution in [0.4, 0.5) is 11.5 Å². The molecule has 0 aliphatic rings. The summed E-state index contributed by atoms with van der Waals surface area (Å²) in [4.78, 5) is 13.6. The number of pyridine rings is 1. The molecular formula is C10H15N3O2. The van der Waals surface area contributed by atoms with Gasteiger partial charge in [0.2, 0.25) is 0 Å². The molecule has 5 nitrogen and oxygen atoms in total. The van der Waals surface area contributed by atoms with Crippen molar-refractivity contribution in [3.8, 4) is 0 Å². The maximum atomic E-state index is 10.3. The van der Waals surface area contributed by atoms with E-state index in [1.165, 1.54) is 12.3 Å². The van der Waals surface area contributed by atoms with Gasteiger partial charge in [-0.15, -0.1) is 0 Å². The Balaban J connectivity index is 2.53. The third-order valence-electron chi connectivity index (χ3n) is 2.29. The van der Waals surface area contributed by atoms with Crippen molar-refractivity contribution in [2.24, 2.45) is 5.92 Å². The Morgan fingerprint density at radius 2 is 2.33 bits per heavy atom. The lowest BCUT2D eigenvalue weighted by Gasteiger charge is -2.09. The van der Waals surface area contributed by atoms with Gasteiger partial charge < -0.3 is 15.4 Å². The smallest absolute Gasteiger partial charge is 0.363 e. The van der Waals surface area contributed by atoms with Crippen LogP contribution in [-0.2, 0) is 0 Å². The predicted molar refractivity (Wildman–Crippen MR) is 58.8 cm³/mol. The van der Waals surface area contributed by atoms with Crippen LogP contribution in [0.25, 0.3) is 0 Å². The van der Waals surface area contributed by atoms with Crippen molar-refractivity contribution in [2.45, 2.75) is 20.3 Å². The first kappa shape index (κ1) is 11.4. The van der Waals surface area contributed by atoms with Crippen LogP contribution in [0.3, 0.4) is 0 Å². The second-order valence-electron chi connectivity index (χ2n) is 3.56. The van der Waals surface area contributed by atoms with E-state index in [1.807, 2.05) is 0 Å². The summed E-state index contributed by atoms with van der Waals surface area (Å²) in [6.45, 7) is 5.13. The summed E-state index contributed by atoms with van der Waals surface area (Å²) in [7, 11) is 0. The molecule has 5 heteroatoms. The number of aromatic nitrogens is 1. The average Bonchev–Trinajstić information content (AvgIpc) is 2.26. The van der Waals surface area contributed by atoms with Crippen LogP contribution in [0.1, 0.15) is 20.3 Å². The van der Waals surface area contributed by atoms with Gasteiger partial charge in [-0.2, -0.15) is 0 Å². The third kappa shape index (κ3) is 3.53. The van der Waals surface area contributed by atoms with Crippen molar-refractivity contribution >= 4 is 11.5 Å². The van der Waals surface area contributed by atoms with Crippen LogP contribution in [0.5, 0.6) is 0 Å². The fourth-order valence-electron chi connectivity index (χ4n) is 1.04. The first-order chi connectivity index (χ1) is 7.13. The summed E-state index contributed by atoms with van der Waals surface area (Å²) in [5.41, 5.74) is 0.820. The second kappa shape index (κ2) is 5.29. The molecule has 1 unspecified atom stereocenters. The molecule has 0 aliphatic heterocycles. The lowest BCUT2D eigenvalue weighted by atomic mass is 10.1. The zero-order valence-electron chi connectivity index (χ0n) is 8.93. The number of rotatable bonds is 5. The fraction of sp³-hybridized carbons (Fsp3) is 0.500. The Morgan fingerprint density at radius 1 is 1.60 bits per heavy atom. The SMILES string of the molecule is CCC(C)CNc1ccc([N+](=O)[O-])nc1. The zero-order chi connectivity index (χ0) is 11.3. The first-order valence-corrected chi connectivity index (χ1v) is 4.97. The van der Waals surface area contributed by atoms with E-state index < -0.39 is 4.92 Å². The molecule has 1 N–H and O–H groups in total. The number of anilines is 1. The summed E-state index contributed by atoms with van der Waals surface area (Å²) in [6.07, 6.45) is 2.59. The normalized spacial score (nSPS) is 12.1. The number of nitrogens with one attached hydrogen (secondary N) is 1. The van der Waals surface area contributed by atoms with Crippen LogP contribution in [-0.4, -0.2) is 16.5 Å². The van der Waals surface area contributed by atoms with E-state index in [0.717, 1.165) is 18.7 Å². The Bertz CT molecular complexity index is 324. The minimum atomic E-state index is -0.502. The van der Waals surface area contributed by atoms with Crippen molar-refractivity contribution in [3.63, 3.8) is 0 Å². The molecule has 1 aromatic rings. The van der Waals surface area contributed by atoms with Gasteiger partial charge in [-0.05, 0) is 21.9 Å². The predicted octanol–water partition coefficient (Wildman–Crippen LogP) is 2.45. The number of nitrogens with zero attached hydrogens (tertiary/aromatic N) is 2. The van der Waals surface area contributed by atoms with Gasteiger partial charge in [0, 0.05) is 12.6 Å². The number of hydrogen-bond acceptors (Lipinski definition) is 4. The molecule has 1 aromatic heterocycles. The fourth-order valence-corrected chi connectivity index (χ4v) is 1.04. The average molecular weight is 209 g/mol. The first-order valence-electron chi connectivity index (χ1n) is 4.97. The number of nitro groups is 1. The van der Waals surface area contributed by atoms with Crippen LogP contribution in [0, 0.1) is 16.0 Å². The quantitative estimate of drug-likeness (QED) is 0.597. The Labute approximate surface area is 88.7 Å². The molecule has 1 atom stereocenters. The lowest BCUT2D eigenvalue weighted by molar-refractivity contribution is -0.389. The van der Waals surface area contributed by atoms with E-state index >= 15 is 0 Å². The van der Waals surface area contributed by atoms with Gasteiger partial charge in [-0.25, -0.2) is 0 Å². The summed E-state index contributed by atoms with van der Waals surface area (Å²) in [5, 5.41) is 13.5. The Morgan fingerprint density at radius 3 is 2.80 bits per heavy atom. The van der Waals surface area contributed by atoms with E-state index in [4.69, 9.17) is 0 Å². The van der Waals surface area contributed by atoms with E-state index in [0.29, 0.717) is 5.92 Å². The molecule has 0 amide bonds. The van der Waals surface area contributed by atoms with Gasteiger partial charge in [-0.3, -0.25) is 0 Å². The van der Waals surface area contributed by atoms with Gasteiger partial charge in [0.15, 0.2) is 6.20 Å². The van der Waals surface area contributed by atoms with Crippen molar-refractivity contribution in [1.29, 1.82) is 0 Å². The highest BCUT2D eigenvalue weighted by Crippen LogP contribution is 2.12. The standard InChI is InChI=1S/C10H15N3O2/c1-3-8(2)6-11-9-4-5-10(12-7-9)13(14)15/h4-5,7-8,11H,3,6H2,1-2H3. The molecule has 1 heterocycles. The van der Waals surface area contributed by atoms with Gasteiger partial charge in [-0.1, -0.05) is 20.3 Å². The molecular weight excluding hydrogens is 194 g/mol. The highest BCUT2D eigenvalue weighted by Gasteiger charge is 2.06. The van der Waals surface area contributed by atoms with Gasteiger partial charge >= 0.3 is 5.82 Å². The van der Waals surface area contributed by atoms with E-state index in [1.54, 1.807) is 6.07 Å². The monoisotopic (exact) mass is 209 g/mol. The lowest BCUT2D eigenvalue weighted by Crippen LogP contribution is -2.10. The van der Waals surface area contributed by atoms with Crippen LogP contribution >= 0.6 is 0 Å². The van der Waals surface area contributed by atoms with E-state index in [2.05, 4.69) is 24.1 Å². The maximum absolute atomic E-state index is 10.3. The van der Waals surface area contributed by atoms with Gasteiger partial charge in [0.05, 0.1) is 5.69 Å². The van der Waals surface area contributed by atoms with Crippen molar-refractivity contribution in [1.82, 2.24) is 4.98 Å². The highest BCUT2D eigenvalue weighted by molar-refractivity contribution is 5.43. The van der Waals surface area contributed by atoms with Gasteiger partial charge in [0.25, 0.3) is 0 Å². The highest BCUT2D eigenvalue weighted by atomic mass is 16.6.